The number of anilines is 2. The third-order valence-corrected chi connectivity index (χ3v) is 3.32. The Bertz CT molecular complexity index is 792. The molecule has 0 saturated carbocycles. The smallest absolute Gasteiger partial charge is 0.224 e. The van der Waals surface area contributed by atoms with Crippen LogP contribution in [0.4, 0.5) is 16.2 Å². The van der Waals surface area contributed by atoms with Crippen LogP contribution in [0.3, 0.4) is 0 Å². The number of benzene rings is 1. The number of nitrogens with zero attached hydrogens (tertiary/aromatic N) is 3. The van der Waals surface area contributed by atoms with Gasteiger partial charge in [0.05, 0.1) is 5.69 Å². The minimum atomic E-state index is -0.240. The molecule has 2 heterocycles. The first kappa shape index (κ1) is 14.9. The van der Waals surface area contributed by atoms with Crippen LogP contribution < -0.4 is 10.6 Å². The molecule has 5 nitrogen and oxygen atoms in total. The van der Waals surface area contributed by atoms with E-state index in [1.54, 1.807) is 37.6 Å². The third-order valence-electron chi connectivity index (χ3n) is 3.32. The molecule has 3 rings (SSSR count). The maximum Gasteiger partial charge on any atom is 0.224 e. The zero-order valence-corrected chi connectivity index (χ0v) is 12.6. The SMILES string of the molecule is CNc1nc(NCc2ccccc2F)cc(-c2cccnc2)n1. The van der Waals surface area contributed by atoms with Crippen LogP contribution in [0.2, 0.25) is 0 Å². The molecule has 0 atom stereocenters. The minimum absolute atomic E-state index is 0.240. The van der Waals surface area contributed by atoms with Crippen molar-refractivity contribution in [2.45, 2.75) is 6.54 Å². The van der Waals surface area contributed by atoms with Crippen LogP contribution in [-0.2, 0) is 6.54 Å². The van der Waals surface area contributed by atoms with Gasteiger partial charge in [0, 0.05) is 43.2 Å². The first-order chi connectivity index (χ1) is 11.3. The molecule has 0 amide bonds. The quantitative estimate of drug-likeness (QED) is 0.757. The fraction of sp³-hybridized carbons (Fsp3) is 0.118. The number of hydrogen-bond acceptors (Lipinski definition) is 5. The lowest BCUT2D eigenvalue weighted by Gasteiger charge is -2.10. The Kier molecular flexibility index (Phi) is 4.42. The van der Waals surface area contributed by atoms with E-state index in [9.17, 15) is 4.39 Å². The highest BCUT2D eigenvalue weighted by molar-refractivity contribution is 5.63. The summed E-state index contributed by atoms with van der Waals surface area (Å²) in [5, 5.41) is 6.07. The van der Waals surface area contributed by atoms with E-state index in [0.29, 0.717) is 23.9 Å². The Morgan fingerprint density at radius 3 is 2.70 bits per heavy atom. The van der Waals surface area contributed by atoms with E-state index in [1.807, 2.05) is 18.2 Å². The van der Waals surface area contributed by atoms with E-state index in [-0.39, 0.29) is 5.82 Å². The summed E-state index contributed by atoms with van der Waals surface area (Å²) >= 11 is 0. The van der Waals surface area contributed by atoms with Crippen molar-refractivity contribution in [3.05, 3.63) is 66.2 Å². The summed E-state index contributed by atoms with van der Waals surface area (Å²) in [5.74, 6) is 0.865. The molecule has 23 heavy (non-hydrogen) atoms. The van der Waals surface area contributed by atoms with E-state index in [2.05, 4.69) is 25.6 Å². The molecule has 116 valence electrons. The van der Waals surface area contributed by atoms with Crippen molar-refractivity contribution >= 4 is 11.8 Å². The number of halogens is 1. The van der Waals surface area contributed by atoms with Gasteiger partial charge < -0.3 is 10.6 Å². The van der Waals surface area contributed by atoms with E-state index in [0.717, 1.165) is 11.3 Å². The Morgan fingerprint density at radius 2 is 1.96 bits per heavy atom. The van der Waals surface area contributed by atoms with Gasteiger partial charge in [0.1, 0.15) is 11.6 Å². The average molecular weight is 309 g/mol. The zero-order chi connectivity index (χ0) is 16.1. The number of hydrogen-bond donors (Lipinski definition) is 2. The highest BCUT2D eigenvalue weighted by Gasteiger charge is 2.07. The monoisotopic (exact) mass is 309 g/mol. The maximum absolute atomic E-state index is 13.7. The van der Waals surface area contributed by atoms with Crippen molar-refractivity contribution in [3.8, 4) is 11.3 Å². The zero-order valence-electron chi connectivity index (χ0n) is 12.6. The van der Waals surface area contributed by atoms with Crippen LogP contribution >= 0.6 is 0 Å². The van der Waals surface area contributed by atoms with Gasteiger partial charge in [-0.1, -0.05) is 18.2 Å². The van der Waals surface area contributed by atoms with Gasteiger partial charge in [-0.2, -0.15) is 4.98 Å². The number of nitrogens with one attached hydrogen (secondary N) is 2. The Balaban J connectivity index is 1.86. The first-order valence-electron chi connectivity index (χ1n) is 7.21. The molecule has 0 unspecified atom stereocenters. The normalized spacial score (nSPS) is 10.3. The molecule has 0 radical (unpaired) electrons. The van der Waals surface area contributed by atoms with Crippen LogP contribution in [0.25, 0.3) is 11.3 Å². The van der Waals surface area contributed by atoms with Crippen molar-refractivity contribution < 1.29 is 4.39 Å². The summed E-state index contributed by atoms with van der Waals surface area (Å²) in [6.45, 7) is 0.347. The van der Waals surface area contributed by atoms with Gasteiger partial charge in [-0.3, -0.25) is 4.98 Å². The lowest BCUT2D eigenvalue weighted by Crippen LogP contribution is -2.06. The van der Waals surface area contributed by atoms with Crippen molar-refractivity contribution in [2.24, 2.45) is 0 Å². The van der Waals surface area contributed by atoms with Crippen LogP contribution in [0.15, 0.2) is 54.9 Å². The van der Waals surface area contributed by atoms with Crippen molar-refractivity contribution in [1.82, 2.24) is 15.0 Å². The lowest BCUT2D eigenvalue weighted by molar-refractivity contribution is 0.613. The van der Waals surface area contributed by atoms with Crippen molar-refractivity contribution in [2.75, 3.05) is 17.7 Å². The molecular formula is C17H16FN5. The molecule has 3 aromatic rings. The summed E-state index contributed by atoms with van der Waals surface area (Å²) in [5.41, 5.74) is 2.22. The molecule has 0 saturated heterocycles. The second-order valence-electron chi connectivity index (χ2n) is 4.90. The summed E-state index contributed by atoms with van der Waals surface area (Å²) in [6.07, 6.45) is 3.45. The summed E-state index contributed by atoms with van der Waals surface area (Å²) in [6, 6.07) is 12.3. The summed E-state index contributed by atoms with van der Waals surface area (Å²) < 4.78 is 13.7. The molecule has 1 aromatic carbocycles. The summed E-state index contributed by atoms with van der Waals surface area (Å²) in [7, 11) is 1.75. The van der Waals surface area contributed by atoms with Gasteiger partial charge in [0.2, 0.25) is 5.95 Å². The van der Waals surface area contributed by atoms with E-state index in [1.165, 1.54) is 6.07 Å². The van der Waals surface area contributed by atoms with Gasteiger partial charge in [-0.05, 0) is 18.2 Å². The van der Waals surface area contributed by atoms with E-state index < -0.39 is 0 Å². The van der Waals surface area contributed by atoms with Gasteiger partial charge in [0.25, 0.3) is 0 Å². The van der Waals surface area contributed by atoms with Gasteiger partial charge >= 0.3 is 0 Å². The van der Waals surface area contributed by atoms with E-state index >= 15 is 0 Å². The lowest BCUT2D eigenvalue weighted by atomic mass is 10.2. The standard InChI is InChI=1S/C17H16FN5/c1-19-17-22-15(13-6-4-8-20-10-13)9-16(23-17)21-11-12-5-2-3-7-14(12)18/h2-10H,11H2,1H3,(H2,19,21,22,23). The third kappa shape index (κ3) is 3.60. The highest BCUT2D eigenvalue weighted by Crippen LogP contribution is 2.21. The fourth-order valence-electron chi connectivity index (χ4n) is 2.14. The van der Waals surface area contributed by atoms with Crippen LogP contribution in [0.5, 0.6) is 0 Å². The van der Waals surface area contributed by atoms with Gasteiger partial charge in [-0.25, -0.2) is 9.37 Å². The highest BCUT2D eigenvalue weighted by atomic mass is 19.1. The Labute approximate surface area is 133 Å². The molecule has 2 N–H and O–H groups in total. The first-order valence-corrected chi connectivity index (χ1v) is 7.21. The second kappa shape index (κ2) is 6.83. The Morgan fingerprint density at radius 1 is 1.09 bits per heavy atom. The van der Waals surface area contributed by atoms with Crippen LogP contribution in [0, 0.1) is 5.82 Å². The Hall–Kier alpha value is -3.02. The molecule has 0 bridgehead atoms. The van der Waals surface area contributed by atoms with Crippen LogP contribution in [-0.4, -0.2) is 22.0 Å². The fourth-order valence-corrected chi connectivity index (χ4v) is 2.14. The molecular weight excluding hydrogens is 293 g/mol. The van der Waals surface area contributed by atoms with Crippen LogP contribution in [0.1, 0.15) is 5.56 Å². The molecule has 0 fully saturated rings. The van der Waals surface area contributed by atoms with Gasteiger partial charge in [-0.15, -0.1) is 0 Å². The predicted molar refractivity (Wildman–Crippen MR) is 88.5 cm³/mol. The average Bonchev–Trinajstić information content (AvgIpc) is 2.61. The second-order valence-corrected chi connectivity index (χ2v) is 4.90. The molecule has 6 heteroatoms. The molecule has 0 aliphatic rings. The summed E-state index contributed by atoms with van der Waals surface area (Å²) in [4.78, 5) is 12.9. The number of pyridine rings is 1. The molecule has 2 aromatic heterocycles. The topological polar surface area (TPSA) is 62.7 Å². The largest absolute Gasteiger partial charge is 0.366 e. The molecule has 0 aliphatic carbocycles. The van der Waals surface area contributed by atoms with Gasteiger partial charge in [0.15, 0.2) is 0 Å². The van der Waals surface area contributed by atoms with Crippen molar-refractivity contribution in [1.29, 1.82) is 0 Å². The van der Waals surface area contributed by atoms with E-state index in [4.69, 9.17) is 0 Å². The number of rotatable bonds is 5. The molecule has 0 spiro atoms. The number of aromatic nitrogens is 3. The molecule has 0 aliphatic heterocycles. The maximum atomic E-state index is 13.7. The predicted octanol–water partition coefficient (Wildman–Crippen LogP) is 3.33. The van der Waals surface area contributed by atoms with Crippen molar-refractivity contribution in [3.63, 3.8) is 0 Å². The minimum Gasteiger partial charge on any atom is -0.366 e.